The molecule has 2 heterocycles. The third-order valence-corrected chi connectivity index (χ3v) is 3.77. The first-order chi connectivity index (χ1) is 11.9. The maximum absolute atomic E-state index is 5.81. The van der Waals surface area contributed by atoms with Crippen LogP contribution in [0.15, 0.2) is 82.0 Å². The lowest BCUT2D eigenvalue weighted by molar-refractivity contribution is 0.515. The minimum Gasteiger partial charge on any atom is -0.444 e. The minimum atomic E-state index is 0.646. The maximum atomic E-state index is 5.81. The van der Waals surface area contributed by atoms with Gasteiger partial charge in [-0.15, -0.1) is 0 Å². The van der Waals surface area contributed by atoms with Gasteiger partial charge in [0.2, 0.25) is 11.8 Å². The smallest absolute Gasteiger partial charge is 0.226 e. The summed E-state index contributed by atoms with van der Waals surface area (Å²) in [5, 5.41) is 0. The summed E-state index contributed by atoms with van der Waals surface area (Å²) in [4.78, 5) is 8.87. The van der Waals surface area contributed by atoms with E-state index in [2.05, 4.69) is 9.97 Å². The van der Waals surface area contributed by atoms with Gasteiger partial charge in [0.15, 0.2) is 0 Å². The predicted octanol–water partition coefficient (Wildman–Crippen LogP) is 4.78. The Balaban J connectivity index is 1.43. The van der Waals surface area contributed by atoms with Crippen molar-refractivity contribution in [3.05, 3.63) is 84.6 Å². The standard InChI is InChI=1S/C20H16N2O2/c1-3-7-15(8-4-1)19-21-13-18(24-19)12-11-17-14-23-20(22-17)16-9-5-2-6-10-16/h1-10,13-14H,11-12H2. The molecule has 0 unspecified atom stereocenters. The molecule has 0 bridgehead atoms. The van der Waals surface area contributed by atoms with Gasteiger partial charge in [0.1, 0.15) is 12.0 Å². The second-order valence-corrected chi connectivity index (χ2v) is 5.51. The van der Waals surface area contributed by atoms with Gasteiger partial charge >= 0.3 is 0 Å². The first-order valence-electron chi connectivity index (χ1n) is 7.88. The van der Waals surface area contributed by atoms with E-state index in [1.807, 2.05) is 60.7 Å². The molecule has 0 amide bonds. The first-order valence-corrected chi connectivity index (χ1v) is 7.88. The molecule has 2 aromatic carbocycles. The Morgan fingerprint density at radius 2 is 1.42 bits per heavy atom. The minimum absolute atomic E-state index is 0.646. The van der Waals surface area contributed by atoms with E-state index in [4.69, 9.17) is 8.83 Å². The Morgan fingerprint density at radius 1 is 0.750 bits per heavy atom. The summed E-state index contributed by atoms with van der Waals surface area (Å²) in [5.41, 5.74) is 2.87. The summed E-state index contributed by atoms with van der Waals surface area (Å²) in [6.07, 6.45) is 4.97. The van der Waals surface area contributed by atoms with Crippen molar-refractivity contribution in [3.8, 4) is 22.9 Å². The molecule has 0 fully saturated rings. The summed E-state index contributed by atoms with van der Waals surface area (Å²) >= 11 is 0. The van der Waals surface area contributed by atoms with Crippen molar-refractivity contribution in [1.29, 1.82) is 0 Å². The van der Waals surface area contributed by atoms with Crippen LogP contribution in [0.25, 0.3) is 22.9 Å². The highest BCUT2D eigenvalue weighted by molar-refractivity contribution is 5.53. The Labute approximate surface area is 139 Å². The van der Waals surface area contributed by atoms with Crippen LogP contribution in [-0.4, -0.2) is 9.97 Å². The maximum Gasteiger partial charge on any atom is 0.226 e. The van der Waals surface area contributed by atoms with Crippen molar-refractivity contribution in [1.82, 2.24) is 9.97 Å². The fourth-order valence-electron chi connectivity index (χ4n) is 2.52. The van der Waals surface area contributed by atoms with Crippen LogP contribution in [0, 0.1) is 0 Å². The van der Waals surface area contributed by atoms with E-state index in [1.54, 1.807) is 12.5 Å². The van der Waals surface area contributed by atoms with Gasteiger partial charge in [-0.3, -0.25) is 0 Å². The van der Waals surface area contributed by atoms with Crippen molar-refractivity contribution in [2.24, 2.45) is 0 Å². The molecule has 0 aliphatic heterocycles. The highest BCUT2D eigenvalue weighted by atomic mass is 16.4. The molecule has 4 nitrogen and oxygen atoms in total. The predicted molar refractivity (Wildman–Crippen MR) is 91.3 cm³/mol. The molecule has 4 aromatic rings. The molecule has 0 spiro atoms. The van der Waals surface area contributed by atoms with Gasteiger partial charge in [0.05, 0.1) is 11.9 Å². The number of hydrogen-bond donors (Lipinski definition) is 0. The third-order valence-electron chi connectivity index (χ3n) is 3.77. The molecule has 0 atom stereocenters. The number of oxazole rings is 2. The molecule has 4 heteroatoms. The van der Waals surface area contributed by atoms with Crippen molar-refractivity contribution in [2.75, 3.05) is 0 Å². The molecule has 0 saturated carbocycles. The molecule has 2 aromatic heterocycles. The molecular formula is C20H16N2O2. The number of hydrogen-bond acceptors (Lipinski definition) is 4. The third kappa shape index (κ3) is 3.13. The average Bonchev–Trinajstić information content (AvgIpc) is 3.31. The largest absolute Gasteiger partial charge is 0.444 e. The van der Waals surface area contributed by atoms with Crippen LogP contribution >= 0.6 is 0 Å². The fraction of sp³-hybridized carbons (Fsp3) is 0.100. The molecule has 0 radical (unpaired) electrons. The Hall–Kier alpha value is -3.14. The second kappa shape index (κ2) is 6.54. The van der Waals surface area contributed by atoms with Crippen LogP contribution < -0.4 is 0 Å². The van der Waals surface area contributed by atoms with Gasteiger partial charge in [-0.1, -0.05) is 36.4 Å². The highest BCUT2D eigenvalue weighted by Gasteiger charge is 2.09. The summed E-state index contributed by atoms with van der Waals surface area (Å²) in [7, 11) is 0. The first kappa shape index (κ1) is 14.5. The van der Waals surface area contributed by atoms with Crippen molar-refractivity contribution < 1.29 is 8.83 Å². The lowest BCUT2D eigenvalue weighted by atomic mass is 10.2. The molecule has 4 rings (SSSR count). The van der Waals surface area contributed by atoms with Crippen molar-refractivity contribution in [3.63, 3.8) is 0 Å². The van der Waals surface area contributed by atoms with Crippen LogP contribution in [0.2, 0.25) is 0 Å². The Bertz CT molecular complexity index is 833. The van der Waals surface area contributed by atoms with Crippen LogP contribution in [0.5, 0.6) is 0 Å². The van der Waals surface area contributed by atoms with E-state index < -0.39 is 0 Å². The van der Waals surface area contributed by atoms with Crippen LogP contribution in [-0.2, 0) is 12.8 Å². The highest BCUT2D eigenvalue weighted by Crippen LogP contribution is 2.21. The van der Waals surface area contributed by atoms with Crippen molar-refractivity contribution >= 4 is 0 Å². The number of nitrogens with zero attached hydrogens (tertiary/aromatic N) is 2. The van der Waals surface area contributed by atoms with Crippen molar-refractivity contribution in [2.45, 2.75) is 12.8 Å². The van der Waals surface area contributed by atoms with Gasteiger partial charge < -0.3 is 8.83 Å². The van der Waals surface area contributed by atoms with E-state index in [0.717, 1.165) is 35.4 Å². The summed E-state index contributed by atoms with van der Waals surface area (Å²) in [5.74, 6) is 2.14. The quantitative estimate of drug-likeness (QED) is 0.531. The van der Waals surface area contributed by atoms with E-state index in [9.17, 15) is 0 Å². The Kier molecular flexibility index (Phi) is 3.94. The molecule has 0 N–H and O–H groups in total. The van der Waals surface area contributed by atoms with Crippen LogP contribution in [0.1, 0.15) is 11.5 Å². The zero-order valence-electron chi connectivity index (χ0n) is 13.1. The van der Waals surface area contributed by atoms with E-state index in [1.165, 1.54) is 0 Å². The number of rotatable bonds is 5. The molecular weight excluding hydrogens is 300 g/mol. The lowest BCUT2D eigenvalue weighted by Gasteiger charge is -1.95. The molecule has 0 aliphatic carbocycles. The average molecular weight is 316 g/mol. The topological polar surface area (TPSA) is 52.1 Å². The monoisotopic (exact) mass is 316 g/mol. The molecule has 118 valence electrons. The summed E-state index contributed by atoms with van der Waals surface area (Å²) in [6.45, 7) is 0. The molecule has 24 heavy (non-hydrogen) atoms. The summed E-state index contributed by atoms with van der Waals surface area (Å²) < 4.78 is 11.4. The molecule has 0 saturated heterocycles. The van der Waals surface area contributed by atoms with Gasteiger partial charge in [-0.05, 0) is 24.3 Å². The lowest BCUT2D eigenvalue weighted by Crippen LogP contribution is -1.90. The van der Waals surface area contributed by atoms with Gasteiger partial charge in [-0.2, -0.15) is 0 Å². The zero-order valence-corrected chi connectivity index (χ0v) is 13.1. The number of benzene rings is 2. The van der Waals surface area contributed by atoms with Crippen LogP contribution in [0.4, 0.5) is 0 Å². The van der Waals surface area contributed by atoms with E-state index >= 15 is 0 Å². The fourth-order valence-corrected chi connectivity index (χ4v) is 2.52. The normalized spacial score (nSPS) is 10.8. The van der Waals surface area contributed by atoms with Gasteiger partial charge in [0, 0.05) is 24.0 Å². The number of aryl methyl sites for hydroxylation is 2. The van der Waals surface area contributed by atoms with Crippen LogP contribution in [0.3, 0.4) is 0 Å². The van der Waals surface area contributed by atoms with Gasteiger partial charge in [0.25, 0.3) is 0 Å². The number of aromatic nitrogens is 2. The second-order valence-electron chi connectivity index (χ2n) is 5.51. The molecule has 0 aliphatic rings. The van der Waals surface area contributed by atoms with E-state index in [-0.39, 0.29) is 0 Å². The zero-order chi connectivity index (χ0) is 16.2. The van der Waals surface area contributed by atoms with E-state index in [0.29, 0.717) is 11.8 Å². The SMILES string of the molecule is c1ccc(-c2nc(CCc3cnc(-c4ccccc4)o3)co2)cc1. The Morgan fingerprint density at radius 3 is 2.12 bits per heavy atom. The summed E-state index contributed by atoms with van der Waals surface area (Å²) in [6, 6.07) is 19.8. The van der Waals surface area contributed by atoms with Gasteiger partial charge in [-0.25, -0.2) is 9.97 Å².